The van der Waals surface area contributed by atoms with E-state index < -0.39 is 0 Å². The van der Waals surface area contributed by atoms with Gasteiger partial charge in [0.05, 0.1) is 35.9 Å². The van der Waals surface area contributed by atoms with E-state index in [1.165, 1.54) is 13.2 Å². The van der Waals surface area contributed by atoms with E-state index in [9.17, 15) is 10.1 Å². The van der Waals surface area contributed by atoms with Crippen molar-refractivity contribution < 1.29 is 14.4 Å². The molecule has 1 N–H and O–H groups in total. The highest BCUT2D eigenvalue weighted by Gasteiger charge is 2.42. The maximum absolute atomic E-state index is 12.1. The zero-order chi connectivity index (χ0) is 31.0. The highest BCUT2D eigenvalue weighted by molar-refractivity contribution is 7.80. The summed E-state index contributed by atoms with van der Waals surface area (Å²) in [5.41, 5.74) is 5.98. The summed E-state index contributed by atoms with van der Waals surface area (Å²) in [4.78, 5) is 18.5. The van der Waals surface area contributed by atoms with Crippen molar-refractivity contribution in [2.75, 3.05) is 12.0 Å². The van der Waals surface area contributed by atoms with Crippen LogP contribution in [0.15, 0.2) is 97.2 Å². The number of hydrogen-bond donors (Lipinski definition) is 1. The van der Waals surface area contributed by atoms with Crippen molar-refractivity contribution in [2.24, 2.45) is 0 Å². The second kappa shape index (κ2) is 11.8. The van der Waals surface area contributed by atoms with Crippen molar-refractivity contribution in [3.05, 3.63) is 136 Å². The molecule has 0 saturated carbocycles. The quantitative estimate of drug-likeness (QED) is 0.109. The molecule has 0 aliphatic carbocycles. The Hall–Kier alpha value is -5.22. The highest BCUT2D eigenvalue weighted by atomic mass is 32.1. The van der Waals surface area contributed by atoms with Gasteiger partial charge in [-0.3, -0.25) is 15.1 Å². The average molecular weight is 606 g/mol. The van der Waals surface area contributed by atoms with Gasteiger partial charge in [0.2, 0.25) is 0 Å². The second-order valence-electron chi connectivity index (χ2n) is 10.7. The van der Waals surface area contributed by atoms with Gasteiger partial charge in [0, 0.05) is 23.3 Å². The van der Waals surface area contributed by atoms with Gasteiger partial charge >= 0.3 is 0 Å². The summed E-state index contributed by atoms with van der Waals surface area (Å²) in [7, 11) is 1.49. The van der Waals surface area contributed by atoms with E-state index in [-0.39, 0.29) is 22.7 Å². The van der Waals surface area contributed by atoms with E-state index in [0.29, 0.717) is 22.3 Å². The van der Waals surface area contributed by atoms with Gasteiger partial charge in [0.1, 0.15) is 22.9 Å². The van der Waals surface area contributed by atoms with Crippen LogP contribution in [0, 0.1) is 30.9 Å². The van der Waals surface area contributed by atoms with Crippen LogP contribution in [0.25, 0.3) is 5.69 Å². The van der Waals surface area contributed by atoms with Crippen LogP contribution in [0.5, 0.6) is 17.2 Å². The topological polar surface area (TPSA) is 94.7 Å². The Kier molecular flexibility index (Phi) is 7.75. The molecule has 0 amide bonds. The highest BCUT2D eigenvalue weighted by Crippen LogP contribution is 2.44. The first-order valence-corrected chi connectivity index (χ1v) is 14.5. The van der Waals surface area contributed by atoms with Crippen LogP contribution in [0.2, 0.25) is 0 Å². The molecule has 10 heteroatoms. The Labute approximate surface area is 260 Å². The molecule has 2 atom stereocenters. The fourth-order valence-electron chi connectivity index (χ4n) is 5.79. The van der Waals surface area contributed by atoms with E-state index in [1.807, 2.05) is 92.1 Å². The van der Waals surface area contributed by atoms with Crippen LogP contribution in [0.3, 0.4) is 0 Å². The molecule has 3 aromatic carbocycles. The Balaban J connectivity index is 1.43. The number of methoxy groups -OCH3 is 1. The molecule has 0 spiro atoms. The zero-order valence-corrected chi connectivity index (χ0v) is 25.5. The van der Waals surface area contributed by atoms with E-state index in [0.717, 1.165) is 39.6 Å². The van der Waals surface area contributed by atoms with Gasteiger partial charge in [-0.15, -0.1) is 0 Å². The number of benzene rings is 3. The lowest BCUT2D eigenvalue weighted by Gasteiger charge is -2.28. The largest absolute Gasteiger partial charge is 0.496 e. The first-order valence-electron chi connectivity index (χ1n) is 14.1. The number of ether oxygens (including phenoxy) is 2. The summed E-state index contributed by atoms with van der Waals surface area (Å²) >= 11 is 5.93. The van der Waals surface area contributed by atoms with Gasteiger partial charge < -0.3 is 24.3 Å². The van der Waals surface area contributed by atoms with Crippen molar-refractivity contribution in [1.82, 2.24) is 14.9 Å². The van der Waals surface area contributed by atoms with Gasteiger partial charge in [-0.25, -0.2) is 0 Å². The summed E-state index contributed by atoms with van der Waals surface area (Å²) in [6.45, 7) is 5.96. The fourth-order valence-corrected chi connectivity index (χ4v) is 6.14. The van der Waals surface area contributed by atoms with Gasteiger partial charge in [0.15, 0.2) is 5.11 Å². The third-order valence-electron chi connectivity index (χ3n) is 7.88. The lowest BCUT2D eigenvalue weighted by Crippen LogP contribution is -2.29. The van der Waals surface area contributed by atoms with Crippen molar-refractivity contribution in [3.63, 3.8) is 0 Å². The molecule has 2 unspecified atom stereocenters. The minimum Gasteiger partial charge on any atom is -0.496 e. The minimum absolute atomic E-state index is 0.0416. The molecule has 1 aliphatic heterocycles. The summed E-state index contributed by atoms with van der Waals surface area (Å²) < 4.78 is 13.3. The smallest absolute Gasteiger partial charge is 0.296 e. The Morgan fingerprint density at radius 2 is 1.59 bits per heavy atom. The first kappa shape index (κ1) is 28.9. The molecule has 1 aliphatic rings. The molecular weight excluding hydrogens is 574 g/mol. The van der Waals surface area contributed by atoms with E-state index in [1.54, 1.807) is 18.3 Å². The number of anilines is 1. The minimum atomic E-state index is -0.383. The molecule has 5 aromatic rings. The third kappa shape index (κ3) is 5.35. The predicted molar refractivity (Wildman–Crippen MR) is 174 cm³/mol. The lowest BCUT2D eigenvalue weighted by atomic mass is 9.96. The molecule has 44 heavy (non-hydrogen) atoms. The van der Waals surface area contributed by atoms with Crippen LogP contribution in [-0.4, -0.2) is 26.7 Å². The molecular formula is C34H31N5O4S. The van der Waals surface area contributed by atoms with Crippen molar-refractivity contribution in [1.29, 1.82) is 0 Å². The Bertz CT molecular complexity index is 1840. The van der Waals surface area contributed by atoms with Crippen molar-refractivity contribution >= 4 is 28.7 Å². The number of nitrogens with zero attached hydrogens (tertiary/aromatic N) is 4. The second-order valence-corrected chi connectivity index (χ2v) is 11.1. The number of nitro benzene ring substituents is 1. The number of pyridine rings is 1. The Morgan fingerprint density at radius 3 is 2.23 bits per heavy atom. The van der Waals surface area contributed by atoms with Crippen molar-refractivity contribution in [3.8, 4) is 22.9 Å². The zero-order valence-electron chi connectivity index (χ0n) is 24.7. The Morgan fingerprint density at radius 1 is 0.909 bits per heavy atom. The molecule has 1 fully saturated rings. The normalized spacial score (nSPS) is 16.1. The maximum atomic E-state index is 12.1. The summed E-state index contributed by atoms with van der Waals surface area (Å²) in [5, 5.41) is 16.2. The predicted octanol–water partition coefficient (Wildman–Crippen LogP) is 7.68. The van der Waals surface area contributed by atoms with Gasteiger partial charge in [-0.1, -0.05) is 23.8 Å². The molecule has 0 bridgehead atoms. The number of aromatic nitrogens is 2. The van der Waals surface area contributed by atoms with Gasteiger partial charge in [0.25, 0.3) is 5.69 Å². The number of aryl methyl sites for hydroxylation is 2. The molecule has 9 nitrogen and oxygen atoms in total. The number of nitro groups is 1. The molecule has 222 valence electrons. The first-order chi connectivity index (χ1) is 21.2. The van der Waals surface area contributed by atoms with Gasteiger partial charge in [-0.2, -0.15) is 0 Å². The van der Waals surface area contributed by atoms with E-state index >= 15 is 0 Å². The van der Waals surface area contributed by atoms with Gasteiger partial charge in [-0.05, 0) is 105 Å². The van der Waals surface area contributed by atoms with Crippen LogP contribution in [0.4, 0.5) is 11.4 Å². The summed E-state index contributed by atoms with van der Waals surface area (Å²) in [6, 6.07) is 27.9. The monoisotopic (exact) mass is 605 g/mol. The van der Waals surface area contributed by atoms with Crippen molar-refractivity contribution in [2.45, 2.75) is 32.9 Å². The summed E-state index contributed by atoms with van der Waals surface area (Å²) in [5.74, 6) is 1.89. The van der Waals surface area contributed by atoms with Crippen LogP contribution in [-0.2, 0) is 0 Å². The SMILES string of the molecule is COc1ccc(-n2c(C)cc(C3C(c4ccccn4)NC(=S)N3c3ccc(Oc4ccc(C)cc4)cc3)c2C)c([N+](=O)[O-])c1. The average Bonchev–Trinajstić information content (AvgIpc) is 3.53. The van der Waals surface area contributed by atoms with E-state index in [4.69, 9.17) is 21.7 Å². The molecule has 3 heterocycles. The standard InChI is InChI=1S/C34H31N5O4S/c1-21-8-12-25(13-9-21)43-26-14-10-24(11-15-26)38-33(32(36-34(38)44)29-7-5-6-18-35-29)28-19-22(2)37(23(28)3)30-17-16-27(42-4)20-31(30)39(40)41/h5-20,32-33H,1-4H3,(H,36,44). The summed E-state index contributed by atoms with van der Waals surface area (Å²) in [6.07, 6.45) is 1.76. The third-order valence-corrected chi connectivity index (χ3v) is 8.19. The fraction of sp³-hybridized carbons (Fsp3) is 0.176. The molecule has 2 aromatic heterocycles. The van der Waals surface area contributed by atoms with Crippen LogP contribution < -0.4 is 19.7 Å². The van der Waals surface area contributed by atoms with Crippen LogP contribution >= 0.6 is 12.2 Å². The molecule has 0 radical (unpaired) electrons. The lowest BCUT2D eigenvalue weighted by molar-refractivity contribution is -0.384. The van der Waals surface area contributed by atoms with Crippen LogP contribution in [0.1, 0.15) is 40.3 Å². The molecule has 1 saturated heterocycles. The maximum Gasteiger partial charge on any atom is 0.296 e. The van der Waals surface area contributed by atoms with E-state index in [2.05, 4.69) is 21.3 Å². The number of nitrogens with one attached hydrogen (secondary N) is 1. The molecule has 6 rings (SSSR count). The number of hydrogen-bond acceptors (Lipinski definition) is 6. The number of thiocarbonyl (C=S) groups is 1. The number of rotatable bonds is 8.